The molecule has 1 heteroatoms. The molecule has 0 radical (unpaired) electrons. The molecule has 0 nitrogen and oxygen atoms in total. The van der Waals surface area contributed by atoms with E-state index in [-0.39, 0.29) is 5.82 Å². The van der Waals surface area contributed by atoms with Gasteiger partial charge < -0.3 is 0 Å². The standard InChI is InChI=1S/C21H13F/c22-16-7-10-17-14(12-16)5-9-20-19(17)8-6-15-11-13-3-1-2-4-18(13)21(15)20/h1-10,12H,11H2. The number of benzene rings is 4. The van der Waals surface area contributed by atoms with Gasteiger partial charge in [0.25, 0.3) is 0 Å². The fraction of sp³-hybridized carbons (Fsp3) is 0.0476. The second-order valence-corrected chi connectivity index (χ2v) is 5.96. The molecule has 4 aromatic carbocycles. The Hall–Kier alpha value is -2.67. The van der Waals surface area contributed by atoms with E-state index in [1.165, 1.54) is 33.0 Å². The maximum absolute atomic E-state index is 13.5. The molecule has 0 aliphatic heterocycles. The fourth-order valence-electron chi connectivity index (χ4n) is 3.75. The highest BCUT2D eigenvalue weighted by atomic mass is 19.1. The predicted octanol–water partition coefficient (Wildman–Crippen LogP) is 5.70. The molecule has 0 unspecified atom stereocenters. The third kappa shape index (κ3) is 1.51. The van der Waals surface area contributed by atoms with Crippen LogP contribution in [0.25, 0.3) is 32.7 Å². The van der Waals surface area contributed by atoms with E-state index in [2.05, 4.69) is 42.5 Å². The summed E-state index contributed by atoms with van der Waals surface area (Å²) in [6, 6.07) is 22.2. The van der Waals surface area contributed by atoms with Crippen LogP contribution in [0.1, 0.15) is 11.1 Å². The lowest BCUT2D eigenvalue weighted by Crippen LogP contribution is -1.85. The predicted molar refractivity (Wildman–Crippen MR) is 89.7 cm³/mol. The molecule has 1 aliphatic rings. The molecule has 0 saturated carbocycles. The number of halogens is 1. The van der Waals surface area contributed by atoms with E-state index in [0.29, 0.717) is 0 Å². The summed E-state index contributed by atoms with van der Waals surface area (Å²) in [4.78, 5) is 0. The van der Waals surface area contributed by atoms with Crippen molar-refractivity contribution in [1.82, 2.24) is 0 Å². The van der Waals surface area contributed by atoms with E-state index in [9.17, 15) is 4.39 Å². The molecule has 0 N–H and O–H groups in total. The maximum Gasteiger partial charge on any atom is 0.123 e. The van der Waals surface area contributed by atoms with Crippen LogP contribution >= 0.6 is 0 Å². The topological polar surface area (TPSA) is 0 Å². The molecule has 0 spiro atoms. The summed E-state index contributed by atoms with van der Waals surface area (Å²) in [5.74, 6) is -0.182. The molecule has 0 aromatic heterocycles. The third-order valence-corrected chi connectivity index (χ3v) is 4.73. The minimum Gasteiger partial charge on any atom is -0.207 e. The van der Waals surface area contributed by atoms with Crippen LogP contribution in [0.4, 0.5) is 4.39 Å². The molecule has 0 fully saturated rings. The highest BCUT2D eigenvalue weighted by Crippen LogP contribution is 2.42. The molecule has 104 valence electrons. The second kappa shape index (κ2) is 4.17. The first kappa shape index (κ1) is 11.9. The zero-order valence-electron chi connectivity index (χ0n) is 11.9. The SMILES string of the molecule is Fc1ccc2c(ccc3c4c(ccc32)Cc2ccccc2-4)c1. The summed E-state index contributed by atoms with van der Waals surface area (Å²) in [5, 5.41) is 4.54. The average molecular weight is 284 g/mol. The lowest BCUT2D eigenvalue weighted by atomic mass is 9.94. The average Bonchev–Trinajstić information content (AvgIpc) is 2.93. The molecular weight excluding hydrogens is 271 g/mol. The Morgan fingerprint density at radius 1 is 0.682 bits per heavy atom. The van der Waals surface area contributed by atoms with Crippen molar-refractivity contribution in [2.45, 2.75) is 6.42 Å². The summed E-state index contributed by atoms with van der Waals surface area (Å²) in [7, 11) is 0. The lowest BCUT2D eigenvalue weighted by molar-refractivity contribution is 0.630. The van der Waals surface area contributed by atoms with Crippen LogP contribution < -0.4 is 0 Å². The zero-order valence-corrected chi connectivity index (χ0v) is 11.9. The van der Waals surface area contributed by atoms with Gasteiger partial charge in [-0.15, -0.1) is 0 Å². The largest absolute Gasteiger partial charge is 0.207 e. The van der Waals surface area contributed by atoms with Crippen LogP contribution in [0, 0.1) is 5.82 Å². The molecule has 22 heavy (non-hydrogen) atoms. The van der Waals surface area contributed by atoms with Gasteiger partial charge in [-0.3, -0.25) is 0 Å². The Morgan fingerprint density at radius 3 is 2.45 bits per heavy atom. The quantitative estimate of drug-likeness (QED) is 0.320. The molecule has 0 atom stereocenters. The second-order valence-electron chi connectivity index (χ2n) is 5.96. The molecule has 0 saturated heterocycles. The van der Waals surface area contributed by atoms with Crippen molar-refractivity contribution in [3.8, 4) is 11.1 Å². The van der Waals surface area contributed by atoms with Crippen LogP contribution in [-0.2, 0) is 6.42 Å². The summed E-state index contributed by atoms with van der Waals surface area (Å²) >= 11 is 0. The molecule has 4 aromatic rings. The van der Waals surface area contributed by atoms with Crippen LogP contribution in [0.5, 0.6) is 0 Å². The van der Waals surface area contributed by atoms with Crippen LogP contribution in [0.3, 0.4) is 0 Å². The van der Waals surface area contributed by atoms with Gasteiger partial charge in [0.2, 0.25) is 0 Å². The van der Waals surface area contributed by atoms with E-state index < -0.39 is 0 Å². The molecule has 0 heterocycles. The monoisotopic (exact) mass is 284 g/mol. The number of rotatable bonds is 0. The Labute approximate surface area is 127 Å². The van der Waals surface area contributed by atoms with Crippen molar-refractivity contribution in [1.29, 1.82) is 0 Å². The molecule has 5 rings (SSSR count). The molecule has 0 amide bonds. The molecular formula is C21H13F. The Bertz CT molecular complexity index is 1060. The van der Waals surface area contributed by atoms with Crippen LogP contribution in [0.2, 0.25) is 0 Å². The normalized spacial score (nSPS) is 12.6. The third-order valence-electron chi connectivity index (χ3n) is 4.73. The van der Waals surface area contributed by atoms with E-state index in [0.717, 1.165) is 17.2 Å². The minimum absolute atomic E-state index is 0.182. The van der Waals surface area contributed by atoms with E-state index in [1.54, 1.807) is 12.1 Å². The Morgan fingerprint density at radius 2 is 1.50 bits per heavy atom. The van der Waals surface area contributed by atoms with Gasteiger partial charge in [0.15, 0.2) is 0 Å². The first-order valence-corrected chi connectivity index (χ1v) is 7.53. The summed E-state index contributed by atoms with van der Waals surface area (Å²) in [6.07, 6.45) is 1.00. The highest BCUT2D eigenvalue weighted by Gasteiger charge is 2.20. The fourth-order valence-corrected chi connectivity index (χ4v) is 3.75. The van der Waals surface area contributed by atoms with Crippen LogP contribution in [-0.4, -0.2) is 0 Å². The Kier molecular flexibility index (Phi) is 2.26. The van der Waals surface area contributed by atoms with Gasteiger partial charge in [0.1, 0.15) is 5.82 Å². The van der Waals surface area contributed by atoms with Gasteiger partial charge in [-0.2, -0.15) is 0 Å². The Balaban J connectivity index is 1.94. The number of fused-ring (bicyclic) bond motifs is 7. The zero-order chi connectivity index (χ0) is 14.7. The van der Waals surface area contributed by atoms with Crippen molar-refractivity contribution in [2.75, 3.05) is 0 Å². The van der Waals surface area contributed by atoms with Gasteiger partial charge in [-0.25, -0.2) is 4.39 Å². The van der Waals surface area contributed by atoms with E-state index >= 15 is 0 Å². The number of hydrogen-bond acceptors (Lipinski definition) is 0. The first-order chi connectivity index (χ1) is 10.8. The van der Waals surface area contributed by atoms with Crippen molar-refractivity contribution < 1.29 is 4.39 Å². The molecule has 1 aliphatic carbocycles. The lowest BCUT2D eigenvalue weighted by Gasteiger charge is -2.10. The maximum atomic E-state index is 13.5. The highest BCUT2D eigenvalue weighted by molar-refractivity contribution is 6.13. The van der Waals surface area contributed by atoms with Crippen molar-refractivity contribution >= 4 is 21.5 Å². The smallest absolute Gasteiger partial charge is 0.123 e. The number of hydrogen-bond donors (Lipinski definition) is 0. The van der Waals surface area contributed by atoms with Gasteiger partial charge in [0.05, 0.1) is 0 Å². The summed E-state index contributed by atoms with van der Waals surface area (Å²) in [5.41, 5.74) is 5.46. The van der Waals surface area contributed by atoms with Crippen molar-refractivity contribution in [3.63, 3.8) is 0 Å². The summed E-state index contributed by atoms with van der Waals surface area (Å²) in [6.45, 7) is 0. The van der Waals surface area contributed by atoms with Gasteiger partial charge in [0, 0.05) is 0 Å². The van der Waals surface area contributed by atoms with E-state index in [1.807, 2.05) is 12.1 Å². The first-order valence-electron chi connectivity index (χ1n) is 7.53. The van der Waals surface area contributed by atoms with Crippen molar-refractivity contribution in [3.05, 3.63) is 83.7 Å². The van der Waals surface area contributed by atoms with Gasteiger partial charge >= 0.3 is 0 Å². The summed E-state index contributed by atoms with van der Waals surface area (Å²) < 4.78 is 13.5. The van der Waals surface area contributed by atoms with Crippen molar-refractivity contribution in [2.24, 2.45) is 0 Å². The van der Waals surface area contributed by atoms with Gasteiger partial charge in [-0.1, -0.05) is 54.6 Å². The minimum atomic E-state index is -0.182. The van der Waals surface area contributed by atoms with E-state index in [4.69, 9.17) is 0 Å². The van der Waals surface area contributed by atoms with Crippen LogP contribution in [0.15, 0.2) is 66.7 Å². The van der Waals surface area contributed by atoms with Gasteiger partial charge in [-0.05, 0) is 62.4 Å². The molecule has 0 bridgehead atoms.